The van der Waals surface area contributed by atoms with Crippen molar-refractivity contribution in [2.75, 3.05) is 0 Å². The molecule has 0 aliphatic rings. The van der Waals surface area contributed by atoms with Crippen LogP contribution in [0, 0.1) is 0 Å². The van der Waals surface area contributed by atoms with Gasteiger partial charge in [-0.2, -0.15) is 5.10 Å². The lowest BCUT2D eigenvalue weighted by atomic mass is 10.1. The number of unbranched alkanes of at least 4 members (excludes halogenated alkanes) is 8. The zero-order valence-corrected chi connectivity index (χ0v) is 16.0. The van der Waals surface area contributed by atoms with Crippen molar-refractivity contribution in [3.05, 3.63) is 42.0 Å². The van der Waals surface area contributed by atoms with Crippen LogP contribution >= 0.6 is 0 Å². The molecular weight excluding hydrogens is 308 g/mol. The van der Waals surface area contributed by atoms with Crippen molar-refractivity contribution in [1.29, 1.82) is 0 Å². The van der Waals surface area contributed by atoms with Gasteiger partial charge in [0, 0.05) is 6.42 Å². The highest BCUT2D eigenvalue weighted by molar-refractivity contribution is 5.96. The summed E-state index contributed by atoms with van der Waals surface area (Å²) in [6.07, 6.45) is 15.8. The molecule has 0 aromatic heterocycles. The van der Waals surface area contributed by atoms with E-state index in [1.807, 2.05) is 49.4 Å². The van der Waals surface area contributed by atoms with Gasteiger partial charge in [0.05, 0.1) is 5.71 Å². The third kappa shape index (κ3) is 12.2. The Hall–Kier alpha value is -1.90. The van der Waals surface area contributed by atoms with Crippen LogP contribution in [0.25, 0.3) is 6.08 Å². The van der Waals surface area contributed by atoms with Gasteiger partial charge in [0.15, 0.2) is 0 Å². The molecule has 25 heavy (non-hydrogen) atoms. The maximum atomic E-state index is 11.8. The van der Waals surface area contributed by atoms with Gasteiger partial charge in [-0.1, -0.05) is 94.7 Å². The van der Waals surface area contributed by atoms with Crippen molar-refractivity contribution in [3.63, 3.8) is 0 Å². The van der Waals surface area contributed by atoms with Gasteiger partial charge in [0.1, 0.15) is 0 Å². The van der Waals surface area contributed by atoms with Crippen LogP contribution in [-0.2, 0) is 4.79 Å². The smallest absolute Gasteiger partial charge is 0.240 e. The molecule has 0 spiro atoms. The Balaban J connectivity index is 2.07. The molecule has 1 aromatic carbocycles. The number of allylic oxidation sites excluding steroid dienone is 1. The van der Waals surface area contributed by atoms with E-state index in [-0.39, 0.29) is 5.91 Å². The molecular formula is C22H34N2O. The molecule has 1 amide bonds. The Labute approximate surface area is 153 Å². The number of carbonyl (C=O) groups excluding carboxylic acids is 1. The highest BCUT2D eigenvalue weighted by atomic mass is 16.2. The maximum absolute atomic E-state index is 11.8. The third-order valence-corrected chi connectivity index (χ3v) is 4.18. The summed E-state index contributed by atoms with van der Waals surface area (Å²) in [5.41, 5.74) is 4.56. The first kappa shape index (κ1) is 21.1. The summed E-state index contributed by atoms with van der Waals surface area (Å²) in [5.74, 6) is 0.00964. The molecule has 0 unspecified atom stereocenters. The molecule has 1 N–H and O–H groups in total. The Morgan fingerprint density at radius 2 is 1.56 bits per heavy atom. The molecule has 0 aliphatic carbocycles. The van der Waals surface area contributed by atoms with Gasteiger partial charge in [0.25, 0.3) is 0 Å². The predicted molar refractivity (Wildman–Crippen MR) is 109 cm³/mol. The van der Waals surface area contributed by atoms with Crippen LogP contribution in [0.5, 0.6) is 0 Å². The van der Waals surface area contributed by atoms with Crippen molar-refractivity contribution < 1.29 is 4.79 Å². The quantitative estimate of drug-likeness (QED) is 0.262. The fourth-order valence-corrected chi connectivity index (χ4v) is 2.62. The number of nitrogens with one attached hydrogen (secondary N) is 1. The van der Waals surface area contributed by atoms with E-state index < -0.39 is 0 Å². The average molecular weight is 343 g/mol. The highest BCUT2D eigenvalue weighted by Crippen LogP contribution is 2.10. The number of hydrogen-bond acceptors (Lipinski definition) is 2. The topological polar surface area (TPSA) is 41.5 Å². The molecule has 3 nitrogen and oxygen atoms in total. The predicted octanol–water partition coefficient (Wildman–Crippen LogP) is 6.11. The van der Waals surface area contributed by atoms with Gasteiger partial charge < -0.3 is 0 Å². The fourth-order valence-electron chi connectivity index (χ4n) is 2.62. The molecule has 0 heterocycles. The Kier molecular flexibility index (Phi) is 12.2. The molecule has 0 fully saturated rings. The van der Waals surface area contributed by atoms with Gasteiger partial charge in [-0.25, -0.2) is 5.43 Å². The summed E-state index contributed by atoms with van der Waals surface area (Å²) in [7, 11) is 0. The van der Waals surface area contributed by atoms with E-state index in [1.165, 1.54) is 44.9 Å². The lowest BCUT2D eigenvalue weighted by Gasteiger charge is -2.02. The van der Waals surface area contributed by atoms with Crippen LogP contribution in [-0.4, -0.2) is 11.6 Å². The Bertz CT molecular complexity index is 520. The van der Waals surface area contributed by atoms with E-state index in [2.05, 4.69) is 17.5 Å². The van der Waals surface area contributed by atoms with Crippen molar-refractivity contribution in [1.82, 2.24) is 5.43 Å². The van der Waals surface area contributed by atoms with Crippen molar-refractivity contribution in [3.8, 4) is 0 Å². The molecule has 138 valence electrons. The van der Waals surface area contributed by atoms with Crippen LogP contribution in [0.4, 0.5) is 0 Å². The van der Waals surface area contributed by atoms with Gasteiger partial charge in [0.2, 0.25) is 5.91 Å². The molecule has 0 atom stereocenters. The number of benzene rings is 1. The molecule has 0 saturated carbocycles. The minimum Gasteiger partial charge on any atom is -0.273 e. The van der Waals surface area contributed by atoms with Gasteiger partial charge in [-0.3, -0.25) is 4.79 Å². The van der Waals surface area contributed by atoms with E-state index in [0.717, 1.165) is 24.1 Å². The van der Waals surface area contributed by atoms with E-state index in [1.54, 1.807) is 0 Å². The van der Waals surface area contributed by atoms with E-state index >= 15 is 0 Å². The van der Waals surface area contributed by atoms with Crippen LogP contribution in [0.1, 0.15) is 83.6 Å². The summed E-state index contributed by atoms with van der Waals surface area (Å²) in [5, 5.41) is 4.13. The number of nitrogens with zero attached hydrogens (tertiary/aromatic N) is 1. The minimum absolute atomic E-state index is 0.00964. The maximum Gasteiger partial charge on any atom is 0.240 e. The first-order valence-corrected chi connectivity index (χ1v) is 9.78. The summed E-state index contributed by atoms with van der Waals surface area (Å²) in [4.78, 5) is 11.8. The first-order valence-electron chi connectivity index (χ1n) is 9.78. The number of amides is 1. The second-order valence-electron chi connectivity index (χ2n) is 6.61. The molecule has 1 rings (SSSR count). The van der Waals surface area contributed by atoms with Gasteiger partial charge in [-0.05, 0) is 25.0 Å². The van der Waals surface area contributed by atoms with Gasteiger partial charge >= 0.3 is 0 Å². The molecule has 0 aliphatic heterocycles. The summed E-state index contributed by atoms with van der Waals surface area (Å²) < 4.78 is 0. The lowest BCUT2D eigenvalue weighted by Crippen LogP contribution is -2.18. The van der Waals surface area contributed by atoms with E-state index in [9.17, 15) is 4.79 Å². The summed E-state index contributed by atoms with van der Waals surface area (Å²) in [6.45, 7) is 4.13. The standard InChI is InChI=1S/C22H34N2O/c1-3-4-5-6-7-8-9-10-14-17-22(25)24-23-20(2)18-19-21-15-12-11-13-16-21/h11-13,15-16,18-19H,3-10,14,17H2,1-2H3,(H,24,25)/b19-18+,23-20-. The molecule has 3 heteroatoms. The largest absolute Gasteiger partial charge is 0.273 e. The monoisotopic (exact) mass is 342 g/mol. The Morgan fingerprint density at radius 3 is 2.20 bits per heavy atom. The van der Waals surface area contributed by atoms with Crippen molar-refractivity contribution in [2.45, 2.75) is 78.1 Å². The van der Waals surface area contributed by atoms with Crippen LogP contribution in [0.15, 0.2) is 41.5 Å². The SMILES string of the molecule is CCCCCCCCCCCC(=O)N/N=C(C)\C=C\c1ccccc1. The molecule has 0 radical (unpaired) electrons. The molecule has 0 bridgehead atoms. The Morgan fingerprint density at radius 1 is 0.960 bits per heavy atom. The zero-order chi connectivity index (χ0) is 18.2. The third-order valence-electron chi connectivity index (χ3n) is 4.18. The number of rotatable bonds is 13. The fraction of sp³-hybridized carbons (Fsp3) is 0.545. The molecule has 1 aromatic rings. The van der Waals surface area contributed by atoms with Crippen molar-refractivity contribution in [2.24, 2.45) is 5.10 Å². The number of hydrazone groups is 1. The average Bonchev–Trinajstić information content (AvgIpc) is 2.64. The van der Waals surface area contributed by atoms with Gasteiger partial charge in [-0.15, -0.1) is 0 Å². The zero-order valence-electron chi connectivity index (χ0n) is 16.0. The lowest BCUT2D eigenvalue weighted by molar-refractivity contribution is -0.121. The summed E-state index contributed by atoms with van der Waals surface area (Å²) in [6, 6.07) is 10.1. The highest BCUT2D eigenvalue weighted by Gasteiger charge is 1.99. The first-order chi connectivity index (χ1) is 12.2. The van der Waals surface area contributed by atoms with Crippen LogP contribution in [0.2, 0.25) is 0 Å². The van der Waals surface area contributed by atoms with Crippen LogP contribution < -0.4 is 5.43 Å². The minimum atomic E-state index is 0.00964. The molecule has 0 saturated heterocycles. The van der Waals surface area contributed by atoms with E-state index in [0.29, 0.717) is 6.42 Å². The van der Waals surface area contributed by atoms with Crippen molar-refractivity contribution >= 4 is 17.7 Å². The number of hydrogen-bond donors (Lipinski definition) is 1. The second kappa shape index (κ2) is 14.4. The van der Waals surface area contributed by atoms with E-state index in [4.69, 9.17) is 0 Å². The second-order valence-corrected chi connectivity index (χ2v) is 6.61. The normalized spacial score (nSPS) is 11.8. The number of carbonyl (C=O) groups is 1. The van der Waals surface area contributed by atoms with Crippen LogP contribution in [0.3, 0.4) is 0 Å². The summed E-state index contributed by atoms with van der Waals surface area (Å²) >= 11 is 0.